The van der Waals surface area contributed by atoms with Crippen LogP contribution in [-0.4, -0.2) is 29.1 Å². The zero-order valence-corrected chi connectivity index (χ0v) is 8.20. The minimum atomic E-state index is 0.504. The Bertz CT molecular complexity index is 276. The Balaban J connectivity index is 1.82. The first kappa shape index (κ1) is 9.36. The Hall–Kier alpha value is -1.20. The van der Waals surface area contributed by atoms with Crippen LogP contribution in [0.25, 0.3) is 0 Å². The zero-order valence-electron chi connectivity index (χ0n) is 8.20. The number of hydrogen-bond donors (Lipinski definition) is 3. The molecule has 5 heteroatoms. The van der Waals surface area contributed by atoms with Gasteiger partial charge in [-0.3, -0.25) is 10.9 Å². The summed E-state index contributed by atoms with van der Waals surface area (Å²) in [4.78, 5) is 7.97. The largest absolute Gasteiger partial charge is 0.370 e. The molecule has 1 aliphatic rings. The third-order valence-corrected chi connectivity index (χ3v) is 2.53. The second-order valence-electron chi connectivity index (χ2n) is 3.55. The fraction of sp³-hybridized carbons (Fsp3) is 0.556. The molecule has 0 spiro atoms. The van der Waals surface area contributed by atoms with E-state index in [4.69, 9.17) is 0 Å². The third-order valence-electron chi connectivity index (χ3n) is 2.53. The topological polar surface area (TPSA) is 61.9 Å². The van der Waals surface area contributed by atoms with Gasteiger partial charge in [0.15, 0.2) is 0 Å². The summed E-state index contributed by atoms with van der Waals surface area (Å²) in [7, 11) is 0. The number of nitrogens with one attached hydrogen (secondary N) is 3. The highest BCUT2D eigenvalue weighted by molar-refractivity contribution is 5.31. The first-order valence-electron chi connectivity index (χ1n) is 4.84. The van der Waals surface area contributed by atoms with Gasteiger partial charge in [-0.25, -0.2) is 9.97 Å². The van der Waals surface area contributed by atoms with Gasteiger partial charge in [0.25, 0.3) is 0 Å². The average molecular weight is 193 g/mol. The monoisotopic (exact) mass is 193 g/mol. The molecule has 1 aromatic heterocycles. The van der Waals surface area contributed by atoms with Crippen molar-refractivity contribution < 1.29 is 0 Å². The Morgan fingerprint density at radius 2 is 2.57 bits per heavy atom. The number of rotatable bonds is 3. The molecule has 76 valence electrons. The molecule has 0 aromatic carbocycles. The SMILES string of the molecule is CC1NNCC1CNc1ccncn1. The maximum absolute atomic E-state index is 4.10. The number of hydrazine groups is 1. The molecule has 1 aromatic rings. The molecule has 2 atom stereocenters. The molecule has 2 rings (SSSR count). The fourth-order valence-electron chi connectivity index (χ4n) is 1.53. The van der Waals surface area contributed by atoms with Crippen molar-refractivity contribution in [2.75, 3.05) is 18.4 Å². The maximum Gasteiger partial charge on any atom is 0.129 e. The first-order chi connectivity index (χ1) is 6.86. The molecule has 1 aliphatic heterocycles. The molecule has 1 saturated heterocycles. The Morgan fingerprint density at radius 3 is 3.21 bits per heavy atom. The summed E-state index contributed by atoms with van der Waals surface area (Å²) >= 11 is 0. The molecular formula is C9H15N5. The second kappa shape index (κ2) is 4.34. The molecule has 0 aliphatic carbocycles. The predicted octanol–water partition coefficient (Wildman–Crippen LogP) is 0.001000. The van der Waals surface area contributed by atoms with Gasteiger partial charge in [-0.1, -0.05) is 0 Å². The van der Waals surface area contributed by atoms with Crippen LogP contribution in [0.3, 0.4) is 0 Å². The van der Waals surface area contributed by atoms with E-state index in [0.29, 0.717) is 12.0 Å². The van der Waals surface area contributed by atoms with Crippen molar-refractivity contribution in [3.63, 3.8) is 0 Å². The van der Waals surface area contributed by atoms with Gasteiger partial charge in [0.1, 0.15) is 12.1 Å². The van der Waals surface area contributed by atoms with E-state index in [2.05, 4.69) is 33.1 Å². The van der Waals surface area contributed by atoms with Crippen LogP contribution >= 0.6 is 0 Å². The van der Waals surface area contributed by atoms with Crippen LogP contribution in [0.4, 0.5) is 5.82 Å². The smallest absolute Gasteiger partial charge is 0.129 e. The lowest BCUT2D eigenvalue weighted by Crippen LogP contribution is -2.30. The zero-order chi connectivity index (χ0) is 9.80. The number of hydrogen-bond acceptors (Lipinski definition) is 5. The van der Waals surface area contributed by atoms with Gasteiger partial charge in [0.2, 0.25) is 0 Å². The van der Waals surface area contributed by atoms with E-state index in [-0.39, 0.29) is 0 Å². The van der Waals surface area contributed by atoms with Gasteiger partial charge >= 0.3 is 0 Å². The number of nitrogens with zero attached hydrogens (tertiary/aromatic N) is 2. The van der Waals surface area contributed by atoms with Gasteiger partial charge < -0.3 is 5.32 Å². The van der Waals surface area contributed by atoms with Gasteiger partial charge in [-0.05, 0) is 13.0 Å². The molecule has 2 heterocycles. The van der Waals surface area contributed by atoms with Crippen LogP contribution < -0.4 is 16.2 Å². The molecule has 0 amide bonds. The van der Waals surface area contributed by atoms with Gasteiger partial charge in [0, 0.05) is 31.2 Å². The van der Waals surface area contributed by atoms with Crippen LogP contribution in [0.1, 0.15) is 6.92 Å². The summed E-state index contributed by atoms with van der Waals surface area (Å²) in [5.74, 6) is 1.49. The molecular weight excluding hydrogens is 178 g/mol. The Kier molecular flexibility index (Phi) is 2.90. The van der Waals surface area contributed by atoms with Crippen LogP contribution in [0.2, 0.25) is 0 Å². The summed E-state index contributed by atoms with van der Waals surface area (Å²) in [5, 5.41) is 3.29. The standard InChI is InChI=1S/C9H15N5/c1-7-8(5-13-14-7)4-11-9-2-3-10-6-12-9/h2-3,6-8,13-14H,4-5H2,1H3,(H,10,11,12). The van der Waals surface area contributed by atoms with Crippen molar-refractivity contribution in [1.82, 2.24) is 20.8 Å². The molecule has 0 saturated carbocycles. The van der Waals surface area contributed by atoms with Crippen LogP contribution in [-0.2, 0) is 0 Å². The summed E-state index contributed by atoms with van der Waals surface area (Å²) < 4.78 is 0. The lowest BCUT2D eigenvalue weighted by molar-refractivity contribution is 0.508. The number of aromatic nitrogens is 2. The van der Waals surface area contributed by atoms with E-state index in [0.717, 1.165) is 18.9 Å². The minimum Gasteiger partial charge on any atom is -0.370 e. The summed E-state index contributed by atoms with van der Waals surface area (Å²) in [6.45, 7) is 4.10. The van der Waals surface area contributed by atoms with Crippen molar-refractivity contribution in [3.05, 3.63) is 18.6 Å². The van der Waals surface area contributed by atoms with Crippen LogP contribution in [0, 0.1) is 5.92 Å². The maximum atomic E-state index is 4.10. The normalized spacial score (nSPS) is 26.4. The predicted molar refractivity (Wildman–Crippen MR) is 54.6 cm³/mol. The van der Waals surface area contributed by atoms with Crippen molar-refractivity contribution in [2.45, 2.75) is 13.0 Å². The van der Waals surface area contributed by atoms with E-state index < -0.39 is 0 Å². The summed E-state index contributed by atoms with van der Waals surface area (Å²) in [6.07, 6.45) is 3.29. The van der Waals surface area contributed by atoms with Crippen molar-refractivity contribution in [2.24, 2.45) is 5.92 Å². The first-order valence-corrected chi connectivity index (χ1v) is 4.84. The average Bonchev–Trinajstić information content (AvgIpc) is 2.63. The van der Waals surface area contributed by atoms with Crippen molar-refractivity contribution >= 4 is 5.82 Å². The van der Waals surface area contributed by atoms with E-state index >= 15 is 0 Å². The lowest BCUT2D eigenvalue weighted by atomic mass is 10.0. The van der Waals surface area contributed by atoms with Gasteiger partial charge in [-0.2, -0.15) is 0 Å². The highest BCUT2D eigenvalue weighted by Crippen LogP contribution is 2.08. The molecule has 5 nitrogen and oxygen atoms in total. The second-order valence-corrected chi connectivity index (χ2v) is 3.55. The van der Waals surface area contributed by atoms with Gasteiger partial charge in [0.05, 0.1) is 0 Å². The molecule has 2 unspecified atom stereocenters. The third kappa shape index (κ3) is 2.18. The fourth-order valence-corrected chi connectivity index (χ4v) is 1.53. The molecule has 1 fully saturated rings. The Labute approximate surface area is 83.3 Å². The van der Waals surface area contributed by atoms with E-state index in [1.807, 2.05) is 6.07 Å². The van der Waals surface area contributed by atoms with Crippen LogP contribution in [0.5, 0.6) is 0 Å². The quantitative estimate of drug-likeness (QED) is 0.631. The molecule has 14 heavy (non-hydrogen) atoms. The number of anilines is 1. The summed E-state index contributed by atoms with van der Waals surface area (Å²) in [5.41, 5.74) is 6.32. The highest BCUT2D eigenvalue weighted by Gasteiger charge is 2.21. The molecule has 3 N–H and O–H groups in total. The molecule has 0 radical (unpaired) electrons. The summed E-state index contributed by atoms with van der Waals surface area (Å²) in [6, 6.07) is 2.38. The minimum absolute atomic E-state index is 0.504. The van der Waals surface area contributed by atoms with Crippen molar-refractivity contribution in [3.8, 4) is 0 Å². The molecule has 0 bridgehead atoms. The Morgan fingerprint density at radius 1 is 1.64 bits per heavy atom. The van der Waals surface area contributed by atoms with E-state index in [9.17, 15) is 0 Å². The lowest BCUT2D eigenvalue weighted by Gasteiger charge is -2.14. The highest BCUT2D eigenvalue weighted by atomic mass is 15.4. The van der Waals surface area contributed by atoms with Crippen LogP contribution in [0.15, 0.2) is 18.6 Å². The van der Waals surface area contributed by atoms with Gasteiger partial charge in [-0.15, -0.1) is 0 Å². The van der Waals surface area contributed by atoms with E-state index in [1.54, 1.807) is 12.5 Å². The van der Waals surface area contributed by atoms with E-state index in [1.165, 1.54) is 0 Å². The van der Waals surface area contributed by atoms with Crippen molar-refractivity contribution in [1.29, 1.82) is 0 Å².